The van der Waals surface area contributed by atoms with Crippen molar-refractivity contribution in [3.63, 3.8) is 0 Å². The Kier molecular flexibility index (Phi) is 6.07. The van der Waals surface area contributed by atoms with Gasteiger partial charge in [-0.3, -0.25) is 9.59 Å². The Balaban J connectivity index is 1.57. The second kappa shape index (κ2) is 8.30. The molecule has 142 valence electrons. The fourth-order valence-corrected chi connectivity index (χ4v) is 3.86. The van der Waals surface area contributed by atoms with Gasteiger partial charge >= 0.3 is 0 Å². The van der Waals surface area contributed by atoms with Gasteiger partial charge in [-0.1, -0.05) is 25.4 Å². The number of hydrogen-bond donors (Lipinski definition) is 1. The number of nitrogens with zero attached hydrogens (tertiary/aromatic N) is 1. The molecule has 0 aliphatic carbocycles. The molecule has 0 aromatic heterocycles. The number of carbonyl (C=O) groups excluding carboxylic acids is 2. The van der Waals surface area contributed by atoms with Crippen LogP contribution in [0.15, 0.2) is 18.2 Å². The lowest BCUT2D eigenvalue weighted by molar-refractivity contribution is -0.138. The van der Waals surface area contributed by atoms with Crippen molar-refractivity contribution in [3.05, 3.63) is 28.8 Å². The van der Waals surface area contributed by atoms with Gasteiger partial charge in [-0.25, -0.2) is 0 Å². The standard InChI is InChI=1S/C20H27ClN2O3/c1-13(2)19(24)22-10-14-4-3-7-23(11-14)20(25)16-8-15-9-17(21)5-6-18(15)26-12-16/h5-6,9,13-14,16H,3-4,7-8,10-12H2,1-2H3,(H,22,24)/t14-,16-/m1/s1. The predicted octanol–water partition coefficient (Wildman–Crippen LogP) is 2.90. The molecule has 0 radical (unpaired) electrons. The molecule has 5 nitrogen and oxygen atoms in total. The zero-order valence-corrected chi connectivity index (χ0v) is 16.2. The molecular weight excluding hydrogens is 352 g/mol. The van der Waals surface area contributed by atoms with Gasteiger partial charge in [-0.15, -0.1) is 0 Å². The molecule has 26 heavy (non-hydrogen) atoms. The highest BCUT2D eigenvalue weighted by Gasteiger charge is 2.32. The van der Waals surface area contributed by atoms with Crippen LogP contribution >= 0.6 is 11.6 Å². The van der Waals surface area contributed by atoms with E-state index in [1.807, 2.05) is 36.9 Å². The van der Waals surface area contributed by atoms with Crippen molar-refractivity contribution < 1.29 is 14.3 Å². The summed E-state index contributed by atoms with van der Waals surface area (Å²) in [6, 6.07) is 5.56. The van der Waals surface area contributed by atoms with Gasteiger partial charge in [0.25, 0.3) is 0 Å². The molecule has 2 amide bonds. The molecule has 2 heterocycles. The number of likely N-dealkylation sites (tertiary alicyclic amines) is 1. The quantitative estimate of drug-likeness (QED) is 0.876. The molecule has 0 saturated carbocycles. The first-order valence-electron chi connectivity index (χ1n) is 9.41. The third kappa shape index (κ3) is 4.50. The first-order chi connectivity index (χ1) is 12.4. The van der Waals surface area contributed by atoms with Crippen molar-refractivity contribution in [1.29, 1.82) is 0 Å². The van der Waals surface area contributed by atoms with Crippen LogP contribution in [0.5, 0.6) is 5.75 Å². The fourth-order valence-electron chi connectivity index (χ4n) is 3.66. The monoisotopic (exact) mass is 378 g/mol. The fraction of sp³-hybridized carbons (Fsp3) is 0.600. The highest BCUT2D eigenvalue weighted by atomic mass is 35.5. The molecule has 1 fully saturated rings. The summed E-state index contributed by atoms with van der Waals surface area (Å²) in [5.41, 5.74) is 1.000. The first-order valence-corrected chi connectivity index (χ1v) is 9.79. The number of fused-ring (bicyclic) bond motifs is 1. The molecule has 3 rings (SSSR count). The van der Waals surface area contributed by atoms with E-state index in [1.165, 1.54) is 0 Å². The van der Waals surface area contributed by atoms with E-state index in [1.54, 1.807) is 0 Å². The minimum Gasteiger partial charge on any atom is -0.492 e. The van der Waals surface area contributed by atoms with Crippen LogP contribution in [0.25, 0.3) is 0 Å². The van der Waals surface area contributed by atoms with E-state index in [0.29, 0.717) is 37.1 Å². The SMILES string of the molecule is CC(C)C(=O)NC[C@H]1CCCN(C(=O)[C@H]2COc3ccc(Cl)cc3C2)C1. The normalized spacial score (nSPS) is 22.5. The van der Waals surface area contributed by atoms with E-state index < -0.39 is 0 Å². The van der Waals surface area contributed by atoms with E-state index >= 15 is 0 Å². The van der Waals surface area contributed by atoms with Crippen LogP contribution in [0.4, 0.5) is 0 Å². The van der Waals surface area contributed by atoms with Gasteiger partial charge in [0, 0.05) is 30.6 Å². The molecular formula is C20H27ClN2O3. The minimum atomic E-state index is -0.162. The number of amides is 2. The molecule has 0 unspecified atom stereocenters. The molecule has 6 heteroatoms. The number of rotatable bonds is 4. The smallest absolute Gasteiger partial charge is 0.229 e. The number of hydrogen-bond acceptors (Lipinski definition) is 3. The van der Waals surface area contributed by atoms with Crippen LogP contribution in [-0.2, 0) is 16.0 Å². The van der Waals surface area contributed by atoms with Crippen LogP contribution in [0.1, 0.15) is 32.3 Å². The lowest BCUT2D eigenvalue weighted by Crippen LogP contribution is -2.48. The zero-order valence-electron chi connectivity index (χ0n) is 15.5. The molecule has 1 aromatic carbocycles. The van der Waals surface area contributed by atoms with Gasteiger partial charge < -0.3 is 15.0 Å². The number of nitrogens with one attached hydrogen (secondary N) is 1. The van der Waals surface area contributed by atoms with Crippen molar-refractivity contribution in [3.8, 4) is 5.75 Å². The van der Waals surface area contributed by atoms with Gasteiger partial charge in [0.1, 0.15) is 12.4 Å². The summed E-state index contributed by atoms with van der Waals surface area (Å²) in [4.78, 5) is 26.7. The minimum absolute atomic E-state index is 0.0115. The number of piperidine rings is 1. The second-order valence-electron chi connectivity index (χ2n) is 7.66. The van der Waals surface area contributed by atoms with E-state index in [2.05, 4.69) is 5.32 Å². The Hall–Kier alpha value is -1.75. The molecule has 0 bridgehead atoms. The molecule has 2 atom stereocenters. The summed E-state index contributed by atoms with van der Waals surface area (Å²) in [6.45, 7) is 6.32. The summed E-state index contributed by atoms with van der Waals surface area (Å²) in [7, 11) is 0. The van der Waals surface area contributed by atoms with Crippen LogP contribution in [0, 0.1) is 17.8 Å². The van der Waals surface area contributed by atoms with Crippen LogP contribution in [0.2, 0.25) is 5.02 Å². The Morgan fingerprint density at radius 1 is 1.38 bits per heavy atom. The Morgan fingerprint density at radius 2 is 2.19 bits per heavy atom. The summed E-state index contributed by atoms with van der Waals surface area (Å²) >= 11 is 6.07. The van der Waals surface area contributed by atoms with Gasteiger partial charge in [0.15, 0.2) is 0 Å². The maximum absolute atomic E-state index is 13.0. The molecule has 1 N–H and O–H groups in total. The van der Waals surface area contributed by atoms with Crippen molar-refractivity contribution in [2.75, 3.05) is 26.2 Å². The number of halogens is 1. The molecule has 1 aromatic rings. The maximum Gasteiger partial charge on any atom is 0.229 e. The predicted molar refractivity (Wildman–Crippen MR) is 101 cm³/mol. The zero-order chi connectivity index (χ0) is 18.7. The summed E-state index contributed by atoms with van der Waals surface area (Å²) in [5.74, 6) is 1.19. The molecule has 2 aliphatic rings. The summed E-state index contributed by atoms with van der Waals surface area (Å²) in [5, 5.41) is 3.66. The first kappa shape index (κ1) is 19.0. The maximum atomic E-state index is 13.0. The number of benzene rings is 1. The average Bonchev–Trinajstić information content (AvgIpc) is 2.65. The lowest BCUT2D eigenvalue weighted by atomic mass is 9.92. The lowest BCUT2D eigenvalue weighted by Gasteiger charge is -2.36. The van der Waals surface area contributed by atoms with Crippen molar-refractivity contribution in [1.82, 2.24) is 10.2 Å². The molecule has 2 aliphatic heterocycles. The topological polar surface area (TPSA) is 58.6 Å². The third-order valence-corrected chi connectivity index (χ3v) is 5.43. The van der Waals surface area contributed by atoms with Gasteiger partial charge in [0.05, 0.1) is 5.92 Å². The van der Waals surface area contributed by atoms with Crippen molar-refractivity contribution >= 4 is 23.4 Å². The van der Waals surface area contributed by atoms with Crippen LogP contribution in [-0.4, -0.2) is 43.0 Å². The van der Waals surface area contributed by atoms with Crippen molar-refractivity contribution in [2.24, 2.45) is 17.8 Å². The van der Waals surface area contributed by atoms with Gasteiger partial charge in [-0.05, 0) is 48.9 Å². The second-order valence-corrected chi connectivity index (χ2v) is 8.09. The molecule has 0 spiro atoms. The number of ether oxygens (including phenoxy) is 1. The van der Waals surface area contributed by atoms with E-state index in [9.17, 15) is 9.59 Å². The van der Waals surface area contributed by atoms with Gasteiger partial charge in [-0.2, -0.15) is 0 Å². The van der Waals surface area contributed by atoms with Crippen LogP contribution < -0.4 is 10.1 Å². The average molecular weight is 379 g/mol. The van der Waals surface area contributed by atoms with E-state index in [4.69, 9.17) is 16.3 Å². The Labute approximate surface area is 160 Å². The highest BCUT2D eigenvalue weighted by Crippen LogP contribution is 2.31. The third-order valence-electron chi connectivity index (χ3n) is 5.20. The summed E-state index contributed by atoms with van der Waals surface area (Å²) < 4.78 is 5.77. The Bertz CT molecular complexity index is 677. The van der Waals surface area contributed by atoms with Crippen LogP contribution in [0.3, 0.4) is 0 Å². The summed E-state index contributed by atoms with van der Waals surface area (Å²) in [6.07, 6.45) is 2.69. The highest BCUT2D eigenvalue weighted by molar-refractivity contribution is 6.30. The number of carbonyl (C=O) groups is 2. The van der Waals surface area contributed by atoms with E-state index in [0.717, 1.165) is 30.7 Å². The van der Waals surface area contributed by atoms with Gasteiger partial charge in [0.2, 0.25) is 11.8 Å². The Morgan fingerprint density at radius 3 is 2.96 bits per heavy atom. The largest absolute Gasteiger partial charge is 0.492 e. The van der Waals surface area contributed by atoms with E-state index in [-0.39, 0.29) is 23.7 Å². The molecule has 1 saturated heterocycles. The van der Waals surface area contributed by atoms with Crippen molar-refractivity contribution in [2.45, 2.75) is 33.1 Å².